The van der Waals surface area contributed by atoms with Crippen molar-refractivity contribution in [1.82, 2.24) is 15.5 Å². The van der Waals surface area contributed by atoms with Gasteiger partial charge in [-0.05, 0) is 24.0 Å². The number of halogens is 1. The summed E-state index contributed by atoms with van der Waals surface area (Å²) in [5.74, 6) is -0.0694. The monoisotopic (exact) mass is 401 g/mol. The number of aryl methyl sites for hydroxylation is 1. The van der Waals surface area contributed by atoms with E-state index in [9.17, 15) is 9.59 Å². The summed E-state index contributed by atoms with van der Waals surface area (Å²) in [6.07, 6.45) is 2.07. The highest BCUT2D eigenvalue weighted by Crippen LogP contribution is 2.09. The summed E-state index contributed by atoms with van der Waals surface area (Å²) < 4.78 is 0. The summed E-state index contributed by atoms with van der Waals surface area (Å²) in [6.45, 7) is 2.66. The first-order chi connectivity index (χ1) is 13.2. The largest absolute Gasteiger partial charge is 0.352 e. The van der Waals surface area contributed by atoms with Crippen LogP contribution in [-0.4, -0.2) is 42.4 Å². The summed E-state index contributed by atoms with van der Waals surface area (Å²) >= 11 is 0. The number of carbonyl (C=O) groups is 2. The first-order valence-electron chi connectivity index (χ1n) is 9.59. The Morgan fingerprint density at radius 3 is 2.36 bits per heavy atom. The van der Waals surface area contributed by atoms with Crippen molar-refractivity contribution in [2.45, 2.75) is 31.8 Å². The number of hydrogen-bond donors (Lipinski definition) is 2. The Labute approximate surface area is 172 Å². The van der Waals surface area contributed by atoms with Crippen LogP contribution >= 0.6 is 12.4 Å². The molecule has 1 aliphatic rings. The summed E-state index contributed by atoms with van der Waals surface area (Å²) in [5.41, 5.74) is 2.34. The molecule has 1 atom stereocenters. The van der Waals surface area contributed by atoms with Crippen LogP contribution in [0, 0.1) is 0 Å². The van der Waals surface area contributed by atoms with Gasteiger partial charge in [0.1, 0.15) is 0 Å². The molecule has 0 bridgehead atoms. The van der Waals surface area contributed by atoms with E-state index in [1.807, 2.05) is 53.4 Å². The number of nitrogens with one attached hydrogen (secondary N) is 2. The van der Waals surface area contributed by atoms with Gasteiger partial charge in [0.25, 0.3) is 0 Å². The average Bonchev–Trinajstić information content (AvgIpc) is 2.71. The van der Waals surface area contributed by atoms with Crippen molar-refractivity contribution in [2.75, 3.05) is 19.6 Å². The average molecular weight is 402 g/mol. The van der Waals surface area contributed by atoms with Gasteiger partial charge in [-0.2, -0.15) is 0 Å². The van der Waals surface area contributed by atoms with Crippen LogP contribution < -0.4 is 10.6 Å². The molecule has 1 unspecified atom stereocenters. The molecule has 0 saturated carbocycles. The van der Waals surface area contributed by atoms with Gasteiger partial charge in [0.15, 0.2) is 0 Å². The van der Waals surface area contributed by atoms with Gasteiger partial charge >= 0.3 is 0 Å². The zero-order chi connectivity index (χ0) is 18.9. The Bertz CT molecular complexity index is 740. The Kier molecular flexibility index (Phi) is 8.98. The van der Waals surface area contributed by atoms with E-state index in [-0.39, 0.29) is 30.6 Å². The first-order valence-corrected chi connectivity index (χ1v) is 9.59. The second-order valence-electron chi connectivity index (χ2n) is 6.89. The molecular formula is C22H28ClN3O2. The summed E-state index contributed by atoms with van der Waals surface area (Å²) in [6, 6.07) is 19.7. The highest BCUT2D eigenvalue weighted by molar-refractivity contribution is 5.88. The van der Waals surface area contributed by atoms with Gasteiger partial charge in [0.05, 0.1) is 12.5 Å². The third-order valence-corrected chi connectivity index (χ3v) is 4.84. The standard InChI is InChI=1S/C22H27N3O2.ClH/c26-21(24-17-19-10-5-2-6-11-19)16-20-22(27)25(15-13-23-20)14-7-12-18-8-3-1-4-9-18;/h1-6,8-11,20,23H,7,12-17H2,(H,24,26);1H. The lowest BCUT2D eigenvalue weighted by molar-refractivity contribution is -0.138. The van der Waals surface area contributed by atoms with Crippen molar-refractivity contribution in [1.29, 1.82) is 0 Å². The van der Waals surface area contributed by atoms with Crippen molar-refractivity contribution in [3.05, 3.63) is 71.8 Å². The van der Waals surface area contributed by atoms with E-state index < -0.39 is 6.04 Å². The van der Waals surface area contributed by atoms with Crippen LogP contribution in [0.1, 0.15) is 24.0 Å². The predicted molar refractivity (Wildman–Crippen MR) is 113 cm³/mol. The van der Waals surface area contributed by atoms with Crippen molar-refractivity contribution < 1.29 is 9.59 Å². The molecule has 150 valence electrons. The molecule has 28 heavy (non-hydrogen) atoms. The number of hydrogen-bond acceptors (Lipinski definition) is 3. The zero-order valence-electron chi connectivity index (χ0n) is 16.0. The lowest BCUT2D eigenvalue weighted by atomic mass is 10.1. The molecule has 2 N–H and O–H groups in total. The fourth-order valence-corrected chi connectivity index (χ4v) is 3.35. The molecule has 2 amide bonds. The fraction of sp³-hybridized carbons (Fsp3) is 0.364. The maximum absolute atomic E-state index is 12.7. The maximum Gasteiger partial charge on any atom is 0.240 e. The van der Waals surface area contributed by atoms with E-state index in [1.54, 1.807) is 0 Å². The molecule has 0 aromatic heterocycles. The molecule has 3 rings (SSSR count). The number of benzene rings is 2. The molecule has 1 fully saturated rings. The number of nitrogens with zero attached hydrogens (tertiary/aromatic N) is 1. The van der Waals surface area contributed by atoms with Crippen LogP contribution in [0.3, 0.4) is 0 Å². The van der Waals surface area contributed by atoms with E-state index >= 15 is 0 Å². The van der Waals surface area contributed by atoms with Crippen LogP contribution in [0.5, 0.6) is 0 Å². The van der Waals surface area contributed by atoms with Crippen LogP contribution in [0.25, 0.3) is 0 Å². The predicted octanol–water partition coefficient (Wildman–Crippen LogP) is 2.55. The smallest absolute Gasteiger partial charge is 0.240 e. The van der Waals surface area contributed by atoms with Gasteiger partial charge in [-0.25, -0.2) is 0 Å². The van der Waals surface area contributed by atoms with E-state index in [4.69, 9.17) is 0 Å². The molecule has 0 radical (unpaired) electrons. The number of piperazine rings is 1. The molecule has 1 heterocycles. The van der Waals surface area contributed by atoms with Crippen LogP contribution in [-0.2, 0) is 22.6 Å². The Hall–Kier alpha value is -2.37. The summed E-state index contributed by atoms with van der Waals surface area (Å²) in [5, 5.41) is 6.08. The third kappa shape index (κ3) is 6.66. The molecule has 0 spiro atoms. The Morgan fingerprint density at radius 1 is 1.04 bits per heavy atom. The second-order valence-corrected chi connectivity index (χ2v) is 6.89. The lowest BCUT2D eigenvalue weighted by Gasteiger charge is -2.33. The summed E-state index contributed by atoms with van der Waals surface area (Å²) in [7, 11) is 0. The minimum absolute atomic E-state index is 0. The van der Waals surface area contributed by atoms with Crippen molar-refractivity contribution in [3.63, 3.8) is 0 Å². The highest BCUT2D eigenvalue weighted by Gasteiger charge is 2.29. The second kappa shape index (κ2) is 11.5. The molecule has 2 aromatic carbocycles. The SMILES string of the molecule is Cl.O=C(CC1NCCN(CCCc2ccccc2)C1=O)NCc1ccccc1. The molecule has 2 aromatic rings. The fourth-order valence-electron chi connectivity index (χ4n) is 3.35. The third-order valence-electron chi connectivity index (χ3n) is 4.84. The highest BCUT2D eigenvalue weighted by atomic mass is 35.5. The van der Waals surface area contributed by atoms with Crippen LogP contribution in [0.15, 0.2) is 60.7 Å². The minimum Gasteiger partial charge on any atom is -0.352 e. The molecule has 1 saturated heterocycles. The van der Waals surface area contributed by atoms with E-state index in [0.29, 0.717) is 13.1 Å². The first kappa shape index (κ1) is 21.9. The molecule has 0 aliphatic carbocycles. The van der Waals surface area contributed by atoms with Gasteiger partial charge in [0, 0.05) is 26.2 Å². The van der Waals surface area contributed by atoms with Crippen molar-refractivity contribution in [3.8, 4) is 0 Å². The van der Waals surface area contributed by atoms with Gasteiger partial charge in [-0.3, -0.25) is 9.59 Å². The van der Waals surface area contributed by atoms with E-state index in [2.05, 4.69) is 22.8 Å². The molecule has 1 aliphatic heterocycles. The van der Waals surface area contributed by atoms with Gasteiger partial charge in [-0.1, -0.05) is 60.7 Å². The molecule has 6 heteroatoms. The topological polar surface area (TPSA) is 61.4 Å². The Balaban J connectivity index is 0.00000280. The lowest BCUT2D eigenvalue weighted by Crippen LogP contribution is -2.56. The molecular weight excluding hydrogens is 374 g/mol. The van der Waals surface area contributed by atoms with Crippen molar-refractivity contribution >= 4 is 24.2 Å². The quantitative estimate of drug-likeness (QED) is 0.714. The van der Waals surface area contributed by atoms with Gasteiger partial charge in [-0.15, -0.1) is 12.4 Å². The number of rotatable bonds is 8. The van der Waals surface area contributed by atoms with E-state index in [1.165, 1.54) is 5.56 Å². The normalized spacial score (nSPS) is 16.4. The van der Waals surface area contributed by atoms with E-state index in [0.717, 1.165) is 31.5 Å². The molecule has 5 nitrogen and oxygen atoms in total. The number of amides is 2. The Morgan fingerprint density at radius 2 is 1.68 bits per heavy atom. The zero-order valence-corrected chi connectivity index (χ0v) is 16.8. The maximum atomic E-state index is 12.7. The van der Waals surface area contributed by atoms with Crippen molar-refractivity contribution in [2.24, 2.45) is 0 Å². The van der Waals surface area contributed by atoms with Crippen LogP contribution in [0.2, 0.25) is 0 Å². The summed E-state index contributed by atoms with van der Waals surface area (Å²) in [4.78, 5) is 26.8. The minimum atomic E-state index is -0.425. The van der Waals surface area contributed by atoms with Gasteiger partial charge in [0.2, 0.25) is 11.8 Å². The number of carbonyl (C=O) groups excluding carboxylic acids is 2. The van der Waals surface area contributed by atoms with Crippen LogP contribution in [0.4, 0.5) is 0 Å². The van der Waals surface area contributed by atoms with Gasteiger partial charge < -0.3 is 15.5 Å².